The molecule has 0 spiro atoms. The van der Waals surface area contributed by atoms with E-state index in [2.05, 4.69) is 152 Å². The van der Waals surface area contributed by atoms with Crippen LogP contribution in [0.25, 0.3) is 155 Å². The number of methoxy groups -OCH3 is 1. The largest absolute Gasteiger partial charge is 0.496 e. The van der Waals surface area contributed by atoms with Crippen LogP contribution < -0.4 is 14.2 Å². The molecule has 13 heterocycles. The summed E-state index contributed by atoms with van der Waals surface area (Å²) < 4.78 is 20.8. The van der Waals surface area contributed by atoms with Gasteiger partial charge in [-0.3, -0.25) is 40.8 Å². The summed E-state index contributed by atoms with van der Waals surface area (Å²) in [4.78, 5) is 19.7. The summed E-state index contributed by atoms with van der Waals surface area (Å²) >= 11 is 3.46. The molecule has 0 saturated carbocycles. The Labute approximate surface area is 662 Å². The molecule has 29 heteroatoms. The number of aryl methyl sites for hydroxylation is 6. The molecule has 13 aromatic heterocycles. The van der Waals surface area contributed by atoms with Crippen molar-refractivity contribution in [3.8, 4) is 102 Å². The Morgan fingerprint density at radius 1 is 0.452 bits per heavy atom. The summed E-state index contributed by atoms with van der Waals surface area (Å²) in [5.41, 5.74) is 27.9. The van der Waals surface area contributed by atoms with Crippen molar-refractivity contribution in [1.29, 1.82) is 5.26 Å². The van der Waals surface area contributed by atoms with E-state index < -0.39 is 0 Å². The third-order valence-electron chi connectivity index (χ3n) is 21.0. The molecule has 0 saturated heterocycles. The maximum Gasteiger partial charge on any atom is 0.139 e. The van der Waals surface area contributed by atoms with Crippen LogP contribution in [0.15, 0.2) is 181 Å². The van der Waals surface area contributed by atoms with E-state index in [1.165, 1.54) is 16.7 Å². The molecule has 566 valence electrons. The fourth-order valence-corrected chi connectivity index (χ4v) is 15.4. The summed E-state index contributed by atoms with van der Waals surface area (Å²) in [6.45, 7) is 12.6. The Morgan fingerprint density at radius 2 is 0.930 bits per heavy atom. The fourth-order valence-electron chi connectivity index (χ4n) is 15.1. The van der Waals surface area contributed by atoms with Crippen LogP contribution in [0.1, 0.15) is 63.4 Å². The zero-order valence-corrected chi connectivity index (χ0v) is 64.8. The monoisotopic (exact) mass is 1580 g/mol. The molecule has 0 atom stereocenters. The highest BCUT2D eigenvalue weighted by molar-refractivity contribution is 9.10. The number of aromatic amines is 8. The van der Waals surface area contributed by atoms with Gasteiger partial charge < -0.3 is 19.3 Å². The second-order valence-corrected chi connectivity index (χ2v) is 29.1. The maximum atomic E-state index is 9.20. The van der Waals surface area contributed by atoms with Gasteiger partial charge >= 0.3 is 0 Å². The molecular formula is C86H71BrN24O4. The third kappa shape index (κ3) is 13.6. The predicted octanol–water partition coefficient (Wildman–Crippen LogP) is 17.9. The summed E-state index contributed by atoms with van der Waals surface area (Å²) in [5, 5.41) is 92.6. The minimum atomic E-state index is 0.0146. The topological polar surface area (TPSA) is 383 Å². The number of halogens is 1. The smallest absolute Gasteiger partial charge is 0.139 e. The maximum absolute atomic E-state index is 9.20. The zero-order valence-electron chi connectivity index (χ0n) is 63.2. The zero-order chi connectivity index (χ0) is 78.5. The van der Waals surface area contributed by atoms with Gasteiger partial charge in [-0.1, -0.05) is 27.2 Å². The van der Waals surface area contributed by atoms with Gasteiger partial charge in [-0.25, -0.2) is 24.6 Å². The Bertz CT molecular complexity index is 7130. The molecule has 0 bridgehead atoms. The van der Waals surface area contributed by atoms with Gasteiger partial charge in [-0.2, -0.15) is 46.1 Å². The number of H-pyrrole nitrogens is 8. The second-order valence-electron chi connectivity index (χ2n) is 28.2. The highest BCUT2D eigenvalue weighted by atomic mass is 79.9. The molecule has 0 radical (unpaired) electrons. The number of aliphatic hydroxyl groups is 1. The molecule has 1 aliphatic carbocycles. The normalized spacial score (nSPS) is 12.0. The molecule has 0 amide bonds. The van der Waals surface area contributed by atoms with Crippen LogP contribution in [0.5, 0.6) is 28.7 Å². The van der Waals surface area contributed by atoms with Crippen LogP contribution in [0.3, 0.4) is 0 Å². The number of benzene rings is 7. The van der Waals surface area contributed by atoms with Gasteiger partial charge in [0.05, 0.1) is 159 Å². The number of nitrogens with zero attached hydrogens (tertiary/aromatic N) is 16. The van der Waals surface area contributed by atoms with Crippen molar-refractivity contribution in [2.75, 3.05) is 13.7 Å². The average Bonchev–Trinajstić information content (AvgIpc) is 1.68. The van der Waals surface area contributed by atoms with E-state index in [0.29, 0.717) is 29.3 Å². The van der Waals surface area contributed by atoms with Crippen LogP contribution in [-0.4, -0.2) is 135 Å². The van der Waals surface area contributed by atoms with Gasteiger partial charge in [0.2, 0.25) is 0 Å². The van der Waals surface area contributed by atoms with Gasteiger partial charge in [-0.05, 0) is 210 Å². The fraction of sp³-hybridized carbons (Fsp3) is 0.151. The third-order valence-corrected chi connectivity index (χ3v) is 21.5. The number of aromatic nitrogens is 23. The number of nitriles is 1. The number of ether oxygens (including phenoxy) is 3. The standard InChI is InChI=1S/C23H21N5O.C22H22N8O.C21H14N6O.C20H14BrN5O/c1-12-7-15(8-22(29-4)13(12)2)16-9-21(17-10-24-27-14(17)3)26-20-6-5-19-18(23(16)20)11-25-28-19;1-12-15(10-23-25-12)21-14-5-3-2-4-13(14)19-16(24-21)6-7-17-20(19)22(28-26-17)18-11-30(8-9-31)29-27-18;1-12-15(10-23-26-12)19-8-20(28-14-4-2-13(9-22)3-5-14)21-16-11-24-27-17(16)6-7-18(21)25-19;1-11-14(9-22-25-11)18-8-19(27-13-4-2-12(21)3-5-13)20-15-10-23-26-16(15)6-7-17(20)24-18/h5-11H,1-4H3,(H,24,27)(H,25,28);6-7,10-11,31H,2-5,8-9H2,1H3,(H,23,25)(H,26,28);2-8,10-11H,1H3,(H,23,26)(H,24,27);2-10H,1H3,(H,22,25)(H,23,26). The van der Waals surface area contributed by atoms with E-state index in [1.807, 2.05) is 131 Å². The number of rotatable bonds is 13. The molecule has 0 unspecified atom stereocenters. The van der Waals surface area contributed by atoms with Crippen LogP contribution >= 0.6 is 15.9 Å². The van der Waals surface area contributed by atoms with Gasteiger partial charge in [0.1, 0.15) is 40.1 Å². The Kier molecular flexibility index (Phi) is 18.9. The highest BCUT2D eigenvalue weighted by Crippen LogP contribution is 2.45. The van der Waals surface area contributed by atoms with Gasteiger partial charge in [0.25, 0.3) is 0 Å². The van der Waals surface area contributed by atoms with E-state index in [-0.39, 0.29) is 6.61 Å². The molecule has 0 aliphatic heterocycles. The van der Waals surface area contributed by atoms with Crippen molar-refractivity contribution >= 4 is 103 Å². The molecule has 9 N–H and O–H groups in total. The van der Waals surface area contributed by atoms with Crippen molar-refractivity contribution in [3.63, 3.8) is 0 Å². The lowest BCUT2D eigenvalue weighted by molar-refractivity contribution is 0.268. The number of fused-ring (bicyclic) bond motifs is 14. The predicted molar refractivity (Wildman–Crippen MR) is 445 cm³/mol. The molecule has 21 rings (SSSR count). The van der Waals surface area contributed by atoms with Crippen molar-refractivity contribution < 1.29 is 19.3 Å². The van der Waals surface area contributed by atoms with E-state index in [9.17, 15) is 5.11 Å². The van der Waals surface area contributed by atoms with E-state index in [4.69, 9.17) is 39.4 Å². The first-order chi connectivity index (χ1) is 56.2. The van der Waals surface area contributed by atoms with Crippen molar-refractivity contribution in [3.05, 3.63) is 232 Å². The first-order valence-electron chi connectivity index (χ1n) is 37.2. The molecule has 20 aromatic rings. The summed E-state index contributed by atoms with van der Waals surface area (Å²) in [7, 11) is 1.71. The van der Waals surface area contributed by atoms with Gasteiger partial charge in [0.15, 0.2) is 0 Å². The van der Waals surface area contributed by atoms with E-state index in [0.717, 1.165) is 225 Å². The van der Waals surface area contributed by atoms with Crippen molar-refractivity contribution in [1.82, 2.24) is 117 Å². The lowest BCUT2D eigenvalue weighted by Crippen LogP contribution is -2.08. The summed E-state index contributed by atoms with van der Waals surface area (Å²) in [6, 6.07) is 43.2. The highest BCUT2D eigenvalue weighted by Gasteiger charge is 2.27. The van der Waals surface area contributed by atoms with Gasteiger partial charge in [0, 0.05) is 94.0 Å². The van der Waals surface area contributed by atoms with Crippen LogP contribution in [-0.2, 0) is 19.4 Å². The second kappa shape index (κ2) is 30.2. The Morgan fingerprint density at radius 3 is 1.44 bits per heavy atom. The van der Waals surface area contributed by atoms with E-state index >= 15 is 0 Å². The lowest BCUT2D eigenvalue weighted by Gasteiger charge is -2.21. The van der Waals surface area contributed by atoms with Gasteiger partial charge in [-0.15, -0.1) is 5.10 Å². The minimum absolute atomic E-state index is 0.0146. The molecule has 115 heavy (non-hydrogen) atoms. The summed E-state index contributed by atoms with van der Waals surface area (Å²) in [6.07, 6.45) is 18.8. The van der Waals surface area contributed by atoms with E-state index in [1.54, 1.807) is 60.8 Å². The first-order valence-corrected chi connectivity index (χ1v) is 37.9. The number of pyridine rings is 4. The number of hydrogen-bond donors (Lipinski definition) is 9. The number of aliphatic hydroxyl groups excluding tert-OH is 1. The molecule has 28 nitrogen and oxygen atoms in total. The molecule has 1 aliphatic rings. The SMILES string of the molecule is COc1cc(-c2cc(-c3cn[nH]c3C)nc3ccc4[nH]ncc4c23)cc(C)c1C.Cc1[nH]ncc1-c1cc(Oc2ccc(Br)cc2)c2c(ccc3[nH]ncc32)n1.Cc1[nH]ncc1-c1cc(Oc2ccc(C#N)cc2)c2c(ccc3[nH]ncc32)n1.Cc1[nH]ncc1-c1nc2ccc3[nH]nc(-c4cn(CCO)nn4)c3c2c2c1CCCC2. The van der Waals surface area contributed by atoms with Crippen LogP contribution in [0, 0.1) is 52.9 Å². The van der Waals surface area contributed by atoms with Crippen LogP contribution in [0.4, 0.5) is 0 Å². The number of hydrogen-bond acceptors (Lipinski definition) is 19. The van der Waals surface area contributed by atoms with Crippen LogP contribution in [0.2, 0.25) is 0 Å². The average molecular weight is 1580 g/mol. The first kappa shape index (κ1) is 71.9. The molecule has 0 fully saturated rings. The van der Waals surface area contributed by atoms with Crippen molar-refractivity contribution in [2.45, 2.75) is 73.8 Å². The lowest BCUT2D eigenvalue weighted by atomic mass is 9.85. The minimum Gasteiger partial charge on any atom is -0.496 e. The summed E-state index contributed by atoms with van der Waals surface area (Å²) in [5.74, 6) is 3.66. The quantitative estimate of drug-likeness (QED) is 0.0518. The Hall–Kier alpha value is -14.6. The van der Waals surface area contributed by atoms with Crippen molar-refractivity contribution in [2.24, 2.45) is 0 Å². The molecular weight excluding hydrogens is 1510 g/mol. The number of nitrogens with one attached hydrogen (secondary N) is 8. The Balaban J connectivity index is 0.000000106. The molecule has 7 aromatic carbocycles.